The third-order valence-electron chi connectivity index (χ3n) is 5.17. The van der Waals surface area contributed by atoms with E-state index >= 15 is 0 Å². The van der Waals surface area contributed by atoms with E-state index in [4.69, 9.17) is 20.2 Å². The SMILES string of the molecule is COC1COCC2(c3cc(N)ccc3F)N=C(N(C(=O)O)C(C)(C)C)SCC12. The molecule has 7 nitrogen and oxygen atoms in total. The Morgan fingerprint density at radius 1 is 1.50 bits per heavy atom. The van der Waals surface area contributed by atoms with Gasteiger partial charge in [-0.15, -0.1) is 0 Å². The number of nitrogens with zero attached hydrogens (tertiary/aromatic N) is 2. The van der Waals surface area contributed by atoms with Gasteiger partial charge < -0.3 is 20.3 Å². The zero-order chi connectivity index (χ0) is 20.7. The second-order valence-corrected chi connectivity index (χ2v) is 9.04. The first-order valence-electron chi connectivity index (χ1n) is 9.02. The van der Waals surface area contributed by atoms with Gasteiger partial charge in [0.2, 0.25) is 0 Å². The molecule has 1 aromatic rings. The molecule has 1 saturated heterocycles. The number of aliphatic imine (C=N–C) groups is 1. The summed E-state index contributed by atoms with van der Waals surface area (Å²) >= 11 is 1.34. The zero-order valence-electron chi connectivity index (χ0n) is 16.4. The summed E-state index contributed by atoms with van der Waals surface area (Å²) < 4.78 is 26.3. The van der Waals surface area contributed by atoms with Gasteiger partial charge in [0.1, 0.15) is 11.4 Å². The number of nitrogen functional groups attached to an aromatic ring is 1. The minimum Gasteiger partial charge on any atom is -0.465 e. The summed E-state index contributed by atoms with van der Waals surface area (Å²) in [4.78, 5) is 18.0. The average Bonchev–Trinajstić information content (AvgIpc) is 2.61. The van der Waals surface area contributed by atoms with Gasteiger partial charge in [0.25, 0.3) is 0 Å². The Bertz CT molecular complexity index is 798. The first kappa shape index (κ1) is 20.9. The van der Waals surface area contributed by atoms with Crippen LogP contribution < -0.4 is 5.73 Å². The number of nitrogens with two attached hydrogens (primary N) is 1. The second kappa shape index (κ2) is 7.53. The highest BCUT2D eigenvalue weighted by molar-refractivity contribution is 8.13. The molecule has 0 aliphatic carbocycles. The molecule has 0 spiro atoms. The molecule has 3 N–H and O–H groups in total. The Morgan fingerprint density at radius 3 is 2.82 bits per heavy atom. The number of carbonyl (C=O) groups is 1. The number of amides is 1. The fourth-order valence-electron chi connectivity index (χ4n) is 3.80. The summed E-state index contributed by atoms with van der Waals surface area (Å²) in [6.45, 7) is 5.87. The largest absolute Gasteiger partial charge is 0.465 e. The quantitative estimate of drug-likeness (QED) is 0.726. The molecule has 2 aliphatic rings. The third-order valence-corrected chi connectivity index (χ3v) is 6.22. The topological polar surface area (TPSA) is 97.4 Å². The van der Waals surface area contributed by atoms with E-state index in [2.05, 4.69) is 0 Å². The summed E-state index contributed by atoms with van der Waals surface area (Å²) in [5.41, 5.74) is 4.82. The van der Waals surface area contributed by atoms with E-state index in [-0.39, 0.29) is 18.6 Å². The number of anilines is 1. The number of carboxylic acid groups (broad SMARTS) is 1. The number of hydrogen-bond acceptors (Lipinski definition) is 6. The van der Waals surface area contributed by atoms with Crippen molar-refractivity contribution in [2.24, 2.45) is 10.9 Å². The fraction of sp³-hybridized carbons (Fsp3) is 0.579. The van der Waals surface area contributed by atoms with Crippen molar-refractivity contribution < 1.29 is 23.8 Å². The maximum absolute atomic E-state index is 14.9. The van der Waals surface area contributed by atoms with Gasteiger partial charge in [0, 0.05) is 35.6 Å². The monoisotopic (exact) mass is 411 g/mol. The van der Waals surface area contributed by atoms with Crippen molar-refractivity contribution in [2.45, 2.75) is 38.0 Å². The van der Waals surface area contributed by atoms with Crippen molar-refractivity contribution in [3.05, 3.63) is 29.6 Å². The van der Waals surface area contributed by atoms with Crippen molar-refractivity contribution in [3.63, 3.8) is 0 Å². The number of benzene rings is 1. The summed E-state index contributed by atoms with van der Waals surface area (Å²) in [6, 6.07) is 4.36. The molecular formula is C19H26FN3O4S. The van der Waals surface area contributed by atoms with Gasteiger partial charge >= 0.3 is 6.09 Å². The number of thioether (sulfide) groups is 1. The van der Waals surface area contributed by atoms with Crippen LogP contribution in [0.1, 0.15) is 26.3 Å². The predicted molar refractivity (Wildman–Crippen MR) is 107 cm³/mol. The molecule has 1 fully saturated rings. The second-order valence-electron chi connectivity index (χ2n) is 8.05. The van der Waals surface area contributed by atoms with Gasteiger partial charge in [0.05, 0.1) is 19.3 Å². The molecule has 3 rings (SSSR count). The van der Waals surface area contributed by atoms with E-state index in [1.54, 1.807) is 33.9 Å². The fourth-order valence-corrected chi connectivity index (χ4v) is 5.33. The van der Waals surface area contributed by atoms with Crippen LogP contribution in [-0.4, -0.2) is 59.0 Å². The van der Waals surface area contributed by atoms with E-state index in [1.807, 2.05) is 0 Å². The molecular weight excluding hydrogens is 385 g/mol. The molecule has 3 atom stereocenters. The molecule has 3 unspecified atom stereocenters. The van der Waals surface area contributed by atoms with Crippen molar-refractivity contribution >= 4 is 28.7 Å². The first-order chi connectivity index (χ1) is 13.1. The smallest absolute Gasteiger partial charge is 0.413 e. The normalized spacial score (nSPS) is 27.7. The minimum absolute atomic E-state index is 0.125. The summed E-state index contributed by atoms with van der Waals surface area (Å²) in [7, 11) is 1.59. The molecule has 0 bridgehead atoms. The van der Waals surface area contributed by atoms with Crippen LogP contribution in [0.5, 0.6) is 0 Å². The molecule has 1 amide bonds. The van der Waals surface area contributed by atoms with Crippen molar-refractivity contribution in [3.8, 4) is 0 Å². The summed E-state index contributed by atoms with van der Waals surface area (Å²) in [6.07, 6.45) is -1.40. The van der Waals surface area contributed by atoms with E-state index in [0.717, 1.165) is 0 Å². The molecule has 9 heteroatoms. The molecule has 0 radical (unpaired) electrons. The van der Waals surface area contributed by atoms with Crippen molar-refractivity contribution in [1.29, 1.82) is 0 Å². The number of halogens is 1. The Balaban J connectivity index is 2.21. The van der Waals surface area contributed by atoms with Crippen LogP contribution in [0, 0.1) is 11.7 Å². The van der Waals surface area contributed by atoms with Crippen LogP contribution in [0.3, 0.4) is 0 Å². The molecule has 154 valence electrons. The maximum Gasteiger partial charge on any atom is 0.413 e. The van der Waals surface area contributed by atoms with E-state index in [1.165, 1.54) is 28.8 Å². The Morgan fingerprint density at radius 2 is 2.21 bits per heavy atom. The summed E-state index contributed by atoms with van der Waals surface area (Å²) in [5.74, 6) is -0.117. The minimum atomic E-state index is -1.11. The van der Waals surface area contributed by atoms with Crippen LogP contribution >= 0.6 is 11.8 Å². The third kappa shape index (κ3) is 3.58. The predicted octanol–water partition coefficient (Wildman–Crippen LogP) is 3.15. The van der Waals surface area contributed by atoms with Crippen LogP contribution in [0.25, 0.3) is 0 Å². The molecule has 28 heavy (non-hydrogen) atoms. The Labute approximate surface area is 168 Å². The van der Waals surface area contributed by atoms with E-state index in [0.29, 0.717) is 28.8 Å². The number of amidine groups is 1. The van der Waals surface area contributed by atoms with Gasteiger partial charge in [-0.1, -0.05) is 11.8 Å². The maximum atomic E-state index is 14.9. The molecule has 0 saturated carbocycles. The highest BCUT2D eigenvalue weighted by Gasteiger charge is 2.53. The molecule has 2 heterocycles. The number of methoxy groups -OCH3 is 1. The van der Waals surface area contributed by atoms with Crippen molar-refractivity contribution in [1.82, 2.24) is 4.90 Å². The Hall–Kier alpha value is -1.84. The number of ether oxygens (including phenoxy) is 2. The lowest BCUT2D eigenvalue weighted by molar-refractivity contribution is -0.102. The molecule has 2 aliphatic heterocycles. The number of hydrogen-bond donors (Lipinski definition) is 2. The van der Waals surface area contributed by atoms with Gasteiger partial charge in [0.15, 0.2) is 5.17 Å². The van der Waals surface area contributed by atoms with Crippen molar-refractivity contribution in [2.75, 3.05) is 31.8 Å². The van der Waals surface area contributed by atoms with Crippen LogP contribution in [0.2, 0.25) is 0 Å². The van der Waals surface area contributed by atoms with Gasteiger partial charge in [-0.2, -0.15) is 0 Å². The highest BCUT2D eigenvalue weighted by atomic mass is 32.2. The lowest BCUT2D eigenvalue weighted by atomic mass is 9.75. The number of fused-ring (bicyclic) bond motifs is 1. The van der Waals surface area contributed by atoms with E-state index in [9.17, 15) is 14.3 Å². The average molecular weight is 411 g/mol. The highest BCUT2D eigenvalue weighted by Crippen LogP contribution is 2.47. The first-order valence-corrected chi connectivity index (χ1v) is 10.0. The number of rotatable bonds is 2. The van der Waals surface area contributed by atoms with Gasteiger partial charge in [-0.25, -0.2) is 14.2 Å². The standard InChI is InChI=1S/C19H26FN3O4S/c1-18(2,3)23(17(24)25)16-22-19(12-7-11(21)5-6-14(12)20)10-27-8-15(26-4)13(19)9-28-16/h5-7,13,15H,8-10,21H2,1-4H3,(H,24,25). The lowest BCUT2D eigenvalue weighted by Crippen LogP contribution is -2.57. The van der Waals surface area contributed by atoms with E-state index < -0.39 is 23.0 Å². The van der Waals surface area contributed by atoms with Crippen LogP contribution in [0.15, 0.2) is 23.2 Å². The molecule has 1 aromatic carbocycles. The van der Waals surface area contributed by atoms with Gasteiger partial charge in [-0.05, 0) is 39.0 Å². The van der Waals surface area contributed by atoms with Gasteiger partial charge in [-0.3, -0.25) is 4.90 Å². The Kier molecular flexibility index (Phi) is 5.62. The van der Waals surface area contributed by atoms with Crippen LogP contribution in [-0.2, 0) is 15.0 Å². The summed E-state index contributed by atoms with van der Waals surface area (Å²) in [5, 5.41) is 10.1. The van der Waals surface area contributed by atoms with Crippen LogP contribution in [0.4, 0.5) is 14.9 Å². The lowest BCUT2D eigenvalue weighted by Gasteiger charge is -2.49. The zero-order valence-corrected chi connectivity index (χ0v) is 17.3. The molecule has 0 aromatic heterocycles.